The second-order valence-electron chi connectivity index (χ2n) is 7.05. The molecule has 6 heteroatoms. The van der Waals surface area contributed by atoms with Crippen LogP contribution in [-0.4, -0.2) is 32.9 Å². The number of hydrogen-bond donors (Lipinski definition) is 2. The van der Waals surface area contributed by atoms with E-state index in [1.54, 1.807) is 0 Å². The van der Waals surface area contributed by atoms with Crippen LogP contribution in [0.15, 0.2) is 46.0 Å². The number of carbonyl (C=O) groups excluding carboxylic acids is 1. The van der Waals surface area contributed by atoms with E-state index in [1.165, 1.54) is 11.6 Å². The van der Waals surface area contributed by atoms with Crippen LogP contribution >= 0.6 is 0 Å². The quantitative estimate of drug-likeness (QED) is 0.889. The largest absolute Gasteiger partial charge is 0.336 e. The first-order valence-electron chi connectivity index (χ1n) is 8.79. The molecule has 1 aromatic heterocycles. The van der Waals surface area contributed by atoms with Crippen molar-refractivity contribution in [3.8, 4) is 0 Å². The molecule has 4 rings (SSSR count). The molecule has 1 unspecified atom stereocenters. The van der Waals surface area contributed by atoms with Crippen molar-refractivity contribution in [3.05, 3.63) is 68.5 Å². The number of aromatic amines is 2. The van der Waals surface area contributed by atoms with E-state index in [-0.39, 0.29) is 24.4 Å². The van der Waals surface area contributed by atoms with Gasteiger partial charge in [-0.2, -0.15) is 0 Å². The zero-order valence-electron chi connectivity index (χ0n) is 13.9. The summed E-state index contributed by atoms with van der Waals surface area (Å²) in [6.07, 6.45) is 4.11. The Morgan fingerprint density at radius 3 is 2.36 bits per heavy atom. The molecular formula is C19H21N3O3. The van der Waals surface area contributed by atoms with Gasteiger partial charge in [-0.3, -0.25) is 14.6 Å². The van der Waals surface area contributed by atoms with E-state index in [4.69, 9.17) is 0 Å². The van der Waals surface area contributed by atoms with E-state index in [0.29, 0.717) is 11.6 Å². The third-order valence-electron chi connectivity index (χ3n) is 5.45. The predicted molar refractivity (Wildman–Crippen MR) is 93.5 cm³/mol. The fourth-order valence-corrected chi connectivity index (χ4v) is 4.45. The number of carbonyl (C=O) groups is 1. The van der Waals surface area contributed by atoms with Crippen LogP contribution in [0.5, 0.6) is 0 Å². The van der Waals surface area contributed by atoms with Crippen molar-refractivity contribution < 1.29 is 4.79 Å². The molecule has 130 valence electrons. The van der Waals surface area contributed by atoms with Crippen LogP contribution in [0.25, 0.3) is 0 Å². The topological polar surface area (TPSA) is 86.0 Å². The maximum absolute atomic E-state index is 12.8. The first-order chi connectivity index (χ1) is 12.1. The summed E-state index contributed by atoms with van der Waals surface area (Å²) >= 11 is 0. The molecule has 0 saturated carbocycles. The molecule has 25 heavy (non-hydrogen) atoms. The van der Waals surface area contributed by atoms with E-state index in [1.807, 2.05) is 11.0 Å². The van der Waals surface area contributed by atoms with E-state index >= 15 is 0 Å². The summed E-state index contributed by atoms with van der Waals surface area (Å²) in [5.74, 6) is 0.502. The number of fused-ring (bicyclic) bond motifs is 2. The maximum Gasteiger partial charge on any atom is 0.325 e. The highest BCUT2D eigenvalue weighted by molar-refractivity contribution is 5.79. The molecule has 2 fully saturated rings. The van der Waals surface area contributed by atoms with Gasteiger partial charge in [0, 0.05) is 23.8 Å². The Kier molecular flexibility index (Phi) is 4.03. The average molecular weight is 339 g/mol. The Morgan fingerprint density at radius 1 is 1.04 bits per heavy atom. The van der Waals surface area contributed by atoms with Crippen molar-refractivity contribution in [1.29, 1.82) is 0 Å². The first-order valence-corrected chi connectivity index (χ1v) is 8.79. The molecule has 2 aliphatic rings. The van der Waals surface area contributed by atoms with Crippen LogP contribution in [0.4, 0.5) is 0 Å². The van der Waals surface area contributed by atoms with Gasteiger partial charge in [-0.25, -0.2) is 4.79 Å². The summed E-state index contributed by atoms with van der Waals surface area (Å²) in [7, 11) is 0. The van der Waals surface area contributed by atoms with Gasteiger partial charge in [-0.15, -0.1) is 0 Å². The molecule has 2 aliphatic heterocycles. The number of nitrogens with zero attached hydrogens (tertiary/aromatic N) is 1. The standard InChI is InChI=1S/C19H21N3O3/c23-17-10-14(20-19(25)21-17)11-18(24)22-15-6-7-16(22)9-13(8-15)12-4-2-1-3-5-12/h1-5,10,13,15-16H,6-9,11H2,(H2,20,21,23,25)/t13?,15-,16+. The lowest BCUT2D eigenvalue weighted by Gasteiger charge is -2.39. The second-order valence-corrected chi connectivity index (χ2v) is 7.05. The fraction of sp³-hybridized carbons (Fsp3) is 0.421. The monoisotopic (exact) mass is 339 g/mol. The summed E-state index contributed by atoms with van der Waals surface area (Å²) in [6, 6.07) is 12.3. The lowest BCUT2D eigenvalue weighted by Crippen LogP contribution is -2.47. The van der Waals surface area contributed by atoms with Crippen LogP contribution in [0, 0.1) is 0 Å². The molecule has 2 N–H and O–H groups in total. The minimum atomic E-state index is -0.568. The van der Waals surface area contributed by atoms with Crippen LogP contribution in [-0.2, 0) is 11.2 Å². The highest BCUT2D eigenvalue weighted by Crippen LogP contribution is 2.43. The fourth-order valence-electron chi connectivity index (χ4n) is 4.45. The summed E-state index contributed by atoms with van der Waals surface area (Å²) in [6.45, 7) is 0. The SMILES string of the molecule is O=C(Cc1cc(=O)[nH]c(=O)[nH]1)N1[C@@H]2CC[C@H]1CC(c1ccccc1)C2. The zero-order chi connectivity index (χ0) is 17.4. The van der Waals surface area contributed by atoms with Gasteiger partial charge >= 0.3 is 5.69 Å². The minimum Gasteiger partial charge on any atom is -0.336 e. The van der Waals surface area contributed by atoms with Crippen LogP contribution in [0.3, 0.4) is 0 Å². The Morgan fingerprint density at radius 2 is 1.72 bits per heavy atom. The number of rotatable bonds is 3. The van der Waals surface area contributed by atoms with Gasteiger partial charge in [0.05, 0.1) is 6.42 Å². The highest BCUT2D eigenvalue weighted by Gasteiger charge is 2.43. The van der Waals surface area contributed by atoms with Gasteiger partial charge in [-0.05, 0) is 37.2 Å². The first kappa shape index (κ1) is 15.9. The highest BCUT2D eigenvalue weighted by atomic mass is 16.2. The second kappa shape index (κ2) is 6.35. The average Bonchev–Trinajstić information content (AvgIpc) is 2.85. The molecule has 2 saturated heterocycles. The number of amides is 1. The van der Waals surface area contributed by atoms with Gasteiger partial charge in [0.2, 0.25) is 5.91 Å². The van der Waals surface area contributed by atoms with Crippen LogP contribution in [0.2, 0.25) is 0 Å². The number of piperidine rings is 1. The smallest absolute Gasteiger partial charge is 0.325 e. The van der Waals surface area contributed by atoms with Gasteiger partial charge in [0.25, 0.3) is 5.56 Å². The zero-order valence-corrected chi connectivity index (χ0v) is 13.9. The van der Waals surface area contributed by atoms with Gasteiger partial charge in [0.1, 0.15) is 0 Å². The summed E-state index contributed by atoms with van der Waals surface area (Å²) in [5, 5.41) is 0. The molecule has 3 heterocycles. The van der Waals surface area contributed by atoms with E-state index in [9.17, 15) is 14.4 Å². The molecule has 3 atom stereocenters. The number of nitrogens with one attached hydrogen (secondary N) is 2. The maximum atomic E-state index is 12.8. The van der Waals surface area contributed by atoms with Crippen molar-refractivity contribution in [2.24, 2.45) is 0 Å². The van der Waals surface area contributed by atoms with Crippen molar-refractivity contribution in [1.82, 2.24) is 14.9 Å². The van der Waals surface area contributed by atoms with Crippen molar-refractivity contribution in [2.45, 2.75) is 50.1 Å². The molecule has 2 aromatic rings. The molecule has 1 amide bonds. The lowest BCUT2D eigenvalue weighted by atomic mass is 9.85. The molecule has 6 nitrogen and oxygen atoms in total. The summed E-state index contributed by atoms with van der Waals surface area (Å²) < 4.78 is 0. The number of aromatic nitrogens is 2. The van der Waals surface area contributed by atoms with Crippen molar-refractivity contribution >= 4 is 5.91 Å². The molecule has 1 aromatic carbocycles. The number of H-pyrrole nitrogens is 2. The Labute approximate surface area is 144 Å². The van der Waals surface area contributed by atoms with Crippen LogP contribution < -0.4 is 11.2 Å². The molecule has 0 radical (unpaired) electrons. The Balaban J connectivity index is 1.50. The lowest BCUT2D eigenvalue weighted by molar-refractivity contribution is -0.135. The third kappa shape index (κ3) is 3.16. The van der Waals surface area contributed by atoms with Gasteiger partial charge in [0.15, 0.2) is 0 Å². The molecule has 2 bridgehead atoms. The van der Waals surface area contributed by atoms with E-state index in [0.717, 1.165) is 25.7 Å². The van der Waals surface area contributed by atoms with Crippen molar-refractivity contribution in [2.75, 3.05) is 0 Å². The summed E-state index contributed by atoms with van der Waals surface area (Å²) in [5.41, 5.74) is 0.687. The molecule has 0 spiro atoms. The predicted octanol–water partition coefficient (Wildman–Crippen LogP) is 1.54. The number of benzene rings is 1. The molecular weight excluding hydrogens is 318 g/mol. The van der Waals surface area contributed by atoms with E-state index < -0.39 is 11.2 Å². The minimum absolute atomic E-state index is 0.000242. The van der Waals surface area contributed by atoms with Gasteiger partial charge < -0.3 is 9.88 Å². The van der Waals surface area contributed by atoms with E-state index in [2.05, 4.69) is 34.2 Å². The van der Waals surface area contributed by atoms with Gasteiger partial charge in [-0.1, -0.05) is 30.3 Å². The summed E-state index contributed by atoms with van der Waals surface area (Å²) in [4.78, 5) is 42.2. The number of hydrogen-bond acceptors (Lipinski definition) is 3. The molecule has 0 aliphatic carbocycles. The van der Waals surface area contributed by atoms with Crippen molar-refractivity contribution in [3.63, 3.8) is 0 Å². The Bertz CT molecular complexity index is 844. The van der Waals surface area contributed by atoms with Crippen LogP contribution in [0.1, 0.15) is 42.9 Å². The third-order valence-corrected chi connectivity index (χ3v) is 5.45. The Hall–Kier alpha value is -2.63. The normalized spacial score (nSPS) is 25.1.